The van der Waals surface area contributed by atoms with Gasteiger partial charge in [-0.2, -0.15) is 5.26 Å². The van der Waals surface area contributed by atoms with E-state index in [0.717, 1.165) is 17.3 Å². The van der Waals surface area contributed by atoms with Gasteiger partial charge in [-0.05, 0) is 49.2 Å². The lowest BCUT2D eigenvalue weighted by atomic mass is 10.1. The number of rotatable bonds is 4. The van der Waals surface area contributed by atoms with Gasteiger partial charge >= 0.3 is 0 Å². The number of hydrogen-bond donors (Lipinski definition) is 1. The number of thioether (sulfide) groups is 1. The minimum atomic E-state index is -0.878. The molecule has 0 aliphatic carbocycles. The number of anilines is 1. The van der Waals surface area contributed by atoms with E-state index in [9.17, 15) is 14.9 Å². The molecule has 2 aromatic carbocycles. The Bertz CT molecular complexity index is 1030. The second-order valence-electron chi connectivity index (χ2n) is 6.21. The van der Waals surface area contributed by atoms with E-state index in [1.807, 2.05) is 25.1 Å². The van der Waals surface area contributed by atoms with Gasteiger partial charge in [0.1, 0.15) is 16.7 Å². The molecule has 1 atom stereocenters. The number of aryl methyl sites for hydroxylation is 1. The fraction of sp³-hybridized carbons (Fsp3) is 0.150. The van der Waals surface area contributed by atoms with Crippen LogP contribution < -0.4 is 10.6 Å². The highest BCUT2D eigenvalue weighted by Gasteiger charge is 2.40. The van der Waals surface area contributed by atoms with E-state index < -0.39 is 11.2 Å². The monoisotopic (exact) mass is 431 g/mol. The molecule has 3 rings (SSSR count). The number of carbonyl (C=O) groups excluding carboxylic acids is 2. The van der Waals surface area contributed by atoms with Crippen LogP contribution in [0.2, 0.25) is 10.0 Å². The molecule has 0 aromatic heterocycles. The Morgan fingerprint density at radius 3 is 2.54 bits per heavy atom. The first-order valence-corrected chi connectivity index (χ1v) is 9.90. The summed E-state index contributed by atoms with van der Waals surface area (Å²) in [4.78, 5) is 26.3. The van der Waals surface area contributed by atoms with Crippen molar-refractivity contribution < 1.29 is 9.59 Å². The number of carbonyl (C=O) groups is 2. The third-order valence-corrected chi connectivity index (χ3v) is 6.10. The molecule has 1 aliphatic rings. The molecule has 2 N–H and O–H groups in total. The van der Waals surface area contributed by atoms with Gasteiger partial charge < -0.3 is 5.73 Å². The summed E-state index contributed by atoms with van der Waals surface area (Å²) in [7, 11) is 0. The Labute approximate surface area is 176 Å². The number of hydrogen-bond acceptors (Lipinski definition) is 4. The zero-order chi connectivity index (χ0) is 20.4. The molecule has 142 valence electrons. The highest BCUT2D eigenvalue weighted by atomic mass is 35.5. The Hall–Kier alpha value is -2.46. The molecule has 0 spiro atoms. The third-order valence-electron chi connectivity index (χ3n) is 4.23. The second kappa shape index (κ2) is 8.27. The lowest BCUT2D eigenvalue weighted by molar-refractivity contribution is -0.117. The topological polar surface area (TPSA) is 87.2 Å². The molecule has 1 aliphatic heterocycles. The SMILES string of the molecule is Cc1ccc(N2C(=O)[C@@H](Cc3cc(Cl)ccc3Cl)S/C2=C(/C#N)C(N)=O)cc1. The van der Waals surface area contributed by atoms with Crippen molar-refractivity contribution in [1.82, 2.24) is 0 Å². The highest BCUT2D eigenvalue weighted by Crippen LogP contribution is 2.42. The Morgan fingerprint density at radius 1 is 1.25 bits per heavy atom. The summed E-state index contributed by atoms with van der Waals surface area (Å²) in [5.74, 6) is -1.13. The summed E-state index contributed by atoms with van der Waals surface area (Å²) in [6.45, 7) is 1.93. The van der Waals surface area contributed by atoms with Gasteiger partial charge in [0.05, 0.1) is 5.25 Å². The quantitative estimate of drug-likeness (QED) is 0.579. The van der Waals surface area contributed by atoms with E-state index >= 15 is 0 Å². The van der Waals surface area contributed by atoms with Crippen molar-refractivity contribution in [3.8, 4) is 6.07 Å². The average molecular weight is 432 g/mol. The van der Waals surface area contributed by atoms with E-state index in [4.69, 9.17) is 28.9 Å². The van der Waals surface area contributed by atoms with E-state index in [1.54, 1.807) is 30.3 Å². The molecule has 0 unspecified atom stereocenters. The molecule has 28 heavy (non-hydrogen) atoms. The van der Waals surface area contributed by atoms with Gasteiger partial charge in [0.25, 0.3) is 5.91 Å². The Kier molecular flexibility index (Phi) is 5.99. The van der Waals surface area contributed by atoms with Crippen LogP contribution in [0.4, 0.5) is 5.69 Å². The maximum Gasteiger partial charge on any atom is 0.262 e. The number of benzene rings is 2. The summed E-state index contributed by atoms with van der Waals surface area (Å²) >= 11 is 13.4. The van der Waals surface area contributed by atoms with Gasteiger partial charge in [-0.15, -0.1) is 0 Å². The summed E-state index contributed by atoms with van der Waals surface area (Å²) in [6.07, 6.45) is 0.298. The van der Waals surface area contributed by atoms with Crippen LogP contribution in [0, 0.1) is 18.3 Å². The smallest absolute Gasteiger partial charge is 0.262 e. The number of halogens is 2. The van der Waals surface area contributed by atoms with Gasteiger partial charge in [-0.1, -0.05) is 52.7 Å². The summed E-state index contributed by atoms with van der Waals surface area (Å²) < 4.78 is 0. The van der Waals surface area contributed by atoms with Crippen LogP contribution in [0.5, 0.6) is 0 Å². The fourth-order valence-electron chi connectivity index (χ4n) is 2.83. The lowest BCUT2D eigenvalue weighted by Crippen LogP contribution is -2.31. The predicted octanol–water partition coefficient (Wildman–Crippen LogP) is 4.21. The highest BCUT2D eigenvalue weighted by molar-refractivity contribution is 8.05. The second-order valence-corrected chi connectivity index (χ2v) is 8.25. The summed E-state index contributed by atoms with van der Waals surface area (Å²) in [5, 5.41) is 10.1. The maximum atomic E-state index is 13.2. The van der Waals surface area contributed by atoms with Crippen molar-refractivity contribution in [2.75, 3.05) is 4.90 Å². The van der Waals surface area contributed by atoms with Crippen molar-refractivity contribution in [2.45, 2.75) is 18.6 Å². The number of primary amides is 1. The van der Waals surface area contributed by atoms with Crippen LogP contribution in [0.25, 0.3) is 0 Å². The first-order valence-electron chi connectivity index (χ1n) is 8.27. The minimum Gasteiger partial charge on any atom is -0.365 e. The maximum absolute atomic E-state index is 13.2. The number of amides is 2. The summed E-state index contributed by atoms with van der Waals surface area (Å²) in [5.41, 5.74) is 7.41. The van der Waals surface area contributed by atoms with Crippen LogP contribution in [0.15, 0.2) is 53.1 Å². The van der Waals surface area contributed by atoms with Crippen LogP contribution >= 0.6 is 35.0 Å². The molecule has 1 heterocycles. The van der Waals surface area contributed by atoms with Gasteiger partial charge in [0, 0.05) is 15.7 Å². The molecule has 2 amide bonds. The molecule has 5 nitrogen and oxygen atoms in total. The van der Waals surface area contributed by atoms with Crippen molar-refractivity contribution in [3.05, 3.63) is 74.2 Å². The minimum absolute atomic E-state index is 0.229. The van der Waals surface area contributed by atoms with Crippen molar-refractivity contribution in [2.24, 2.45) is 5.73 Å². The first-order chi connectivity index (χ1) is 13.3. The van der Waals surface area contributed by atoms with Gasteiger partial charge in [0.15, 0.2) is 0 Å². The molecule has 2 aromatic rings. The van der Waals surface area contributed by atoms with Crippen molar-refractivity contribution in [3.63, 3.8) is 0 Å². The molecule has 8 heteroatoms. The molecular weight excluding hydrogens is 417 g/mol. The first kappa shape index (κ1) is 20.3. The largest absolute Gasteiger partial charge is 0.365 e. The molecule has 1 fully saturated rings. The zero-order valence-corrected chi connectivity index (χ0v) is 17.1. The number of nitriles is 1. The molecule has 0 bridgehead atoms. The standard InChI is InChI=1S/C20H15Cl2N3O2S/c1-11-2-5-14(6-3-11)25-19(27)17(28-20(25)15(10-23)18(24)26)9-12-8-13(21)4-7-16(12)22/h2-8,17H,9H2,1H3,(H2,24,26)/b20-15-/t17-/m1/s1. The lowest BCUT2D eigenvalue weighted by Gasteiger charge is -2.18. The Balaban J connectivity index is 2.05. The van der Waals surface area contributed by atoms with Crippen molar-refractivity contribution in [1.29, 1.82) is 5.26 Å². The molecular formula is C20H15Cl2N3O2S. The number of nitrogens with zero attached hydrogens (tertiary/aromatic N) is 2. The normalized spacial score (nSPS) is 18.1. The molecule has 1 saturated heterocycles. The van der Waals surface area contributed by atoms with Crippen LogP contribution in [-0.2, 0) is 16.0 Å². The van der Waals surface area contributed by atoms with Gasteiger partial charge in [-0.3, -0.25) is 14.5 Å². The number of nitrogens with two attached hydrogens (primary N) is 1. The van der Waals surface area contributed by atoms with Crippen LogP contribution in [0.1, 0.15) is 11.1 Å². The Morgan fingerprint density at radius 2 is 1.93 bits per heavy atom. The predicted molar refractivity (Wildman–Crippen MR) is 112 cm³/mol. The van der Waals surface area contributed by atoms with Gasteiger partial charge in [-0.25, -0.2) is 0 Å². The van der Waals surface area contributed by atoms with E-state index in [2.05, 4.69) is 0 Å². The van der Waals surface area contributed by atoms with Gasteiger partial charge in [0.2, 0.25) is 5.91 Å². The zero-order valence-electron chi connectivity index (χ0n) is 14.8. The van der Waals surface area contributed by atoms with E-state index in [-0.39, 0.29) is 16.5 Å². The van der Waals surface area contributed by atoms with E-state index in [1.165, 1.54) is 4.90 Å². The fourth-order valence-corrected chi connectivity index (χ4v) is 4.52. The van der Waals surface area contributed by atoms with E-state index in [0.29, 0.717) is 27.7 Å². The molecule has 0 radical (unpaired) electrons. The molecule has 0 saturated carbocycles. The van der Waals surface area contributed by atoms with Crippen molar-refractivity contribution >= 4 is 52.5 Å². The van der Waals surface area contributed by atoms with Crippen LogP contribution in [0.3, 0.4) is 0 Å². The summed E-state index contributed by atoms with van der Waals surface area (Å²) in [6, 6.07) is 14.1. The third kappa shape index (κ3) is 4.02. The van der Waals surface area contributed by atoms with Crippen LogP contribution in [-0.4, -0.2) is 17.1 Å². The average Bonchev–Trinajstić information content (AvgIpc) is 2.95.